The Kier molecular flexibility index (Phi) is 4.79. The van der Waals surface area contributed by atoms with Crippen molar-refractivity contribution in [3.63, 3.8) is 0 Å². The molecule has 1 fully saturated rings. The molecular weight excluding hydrogens is 300 g/mol. The molecule has 1 saturated carbocycles. The van der Waals surface area contributed by atoms with Crippen molar-refractivity contribution in [2.24, 2.45) is 5.41 Å². The van der Waals surface area contributed by atoms with Crippen molar-refractivity contribution in [2.45, 2.75) is 38.5 Å². The summed E-state index contributed by atoms with van der Waals surface area (Å²) in [4.78, 5) is 23.8. The quantitative estimate of drug-likeness (QED) is 0.765. The van der Waals surface area contributed by atoms with Crippen LogP contribution in [0.3, 0.4) is 0 Å². The molecule has 0 amide bonds. The highest BCUT2D eigenvalue weighted by molar-refractivity contribution is 5.97. The van der Waals surface area contributed by atoms with E-state index in [2.05, 4.69) is 0 Å². The zero-order chi connectivity index (χ0) is 17.0. The first-order valence-electron chi connectivity index (χ1n) is 8.49. The predicted octanol–water partition coefficient (Wildman–Crippen LogP) is 4.96. The molecule has 0 heterocycles. The second kappa shape index (κ2) is 7.00. The standard InChI is InChI=1S/C21H22O3/c22-19(14-21(15-20(23)24)12-4-5-13-21)18-10-8-17(9-11-18)16-6-2-1-3-7-16/h1-3,6-11H,4-5,12-15H2,(H,23,24). The molecule has 0 bridgehead atoms. The fourth-order valence-electron chi connectivity index (χ4n) is 3.78. The molecule has 3 heteroatoms. The van der Waals surface area contributed by atoms with E-state index < -0.39 is 5.97 Å². The van der Waals surface area contributed by atoms with E-state index in [9.17, 15) is 14.7 Å². The number of aliphatic carboxylic acids is 1. The molecular formula is C21H22O3. The highest BCUT2D eigenvalue weighted by Gasteiger charge is 2.38. The third-order valence-corrected chi connectivity index (χ3v) is 5.04. The van der Waals surface area contributed by atoms with Gasteiger partial charge in [-0.05, 0) is 29.4 Å². The van der Waals surface area contributed by atoms with E-state index in [0.717, 1.165) is 36.8 Å². The van der Waals surface area contributed by atoms with Crippen LogP contribution in [-0.2, 0) is 4.79 Å². The maximum atomic E-state index is 12.6. The van der Waals surface area contributed by atoms with Gasteiger partial charge in [0.1, 0.15) is 0 Å². The molecule has 0 aromatic heterocycles. The average molecular weight is 322 g/mol. The minimum atomic E-state index is -0.802. The summed E-state index contributed by atoms with van der Waals surface area (Å²) in [6.45, 7) is 0. The summed E-state index contributed by atoms with van der Waals surface area (Å²) >= 11 is 0. The van der Waals surface area contributed by atoms with Gasteiger partial charge in [-0.1, -0.05) is 67.4 Å². The zero-order valence-corrected chi connectivity index (χ0v) is 13.7. The number of carboxylic acids is 1. The molecule has 0 radical (unpaired) electrons. The molecule has 1 N–H and O–H groups in total. The van der Waals surface area contributed by atoms with Gasteiger partial charge in [-0.3, -0.25) is 9.59 Å². The Morgan fingerprint density at radius 2 is 1.42 bits per heavy atom. The fourth-order valence-corrected chi connectivity index (χ4v) is 3.78. The molecule has 0 spiro atoms. The highest BCUT2D eigenvalue weighted by Crippen LogP contribution is 2.44. The van der Waals surface area contributed by atoms with Crippen LogP contribution in [0, 0.1) is 5.41 Å². The number of benzene rings is 2. The summed E-state index contributed by atoms with van der Waals surface area (Å²) < 4.78 is 0. The molecule has 24 heavy (non-hydrogen) atoms. The molecule has 0 atom stereocenters. The molecule has 1 aliphatic rings. The van der Waals surface area contributed by atoms with Gasteiger partial charge in [0.25, 0.3) is 0 Å². The van der Waals surface area contributed by atoms with Crippen molar-refractivity contribution in [3.05, 3.63) is 60.2 Å². The highest BCUT2D eigenvalue weighted by atomic mass is 16.4. The van der Waals surface area contributed by atoms with E-state index in [1.54, 1.807) is 0 Å². The van der Waals surface area contributed by atoms with Crippen LogP contribution in [0.2, 0.25) is 0 Å². The van der Waals surface area contributed by atoms with Crippen LogP contribution in [0.15, 0.2) is 54.6 Å². The molecule has 0 unspecified atom stereocenters. The number of hydrogen-bond donors (Lipinski definition) is 1. The average Bonchev–Trinajstić information content (AvgIpc) is 3.03. The van der Waals surface area contributed by atoms with Gasteiger partial charge in [0, 0.05) is 12.0 Å². The molecule has 3 nitrogen and oxygen atoms in total. The van der Waals surface area contributed by atoms with Gasteiger partial charge in [0.05, 0.1) is 6.42 Å². The SMILES string of the molecule is O=C(O)CC1(CC(=O)c2ccc(-c3ccccc3)cc2)CCCC1. The number of carbonyl (C=O) groups excluding carboxylic acids is 1. The van der Waals surface area contributed by atoms with Crippen molar-refractivity contribution in [1.82, 2.24) is 0 Å². The van der Waals surface area contributed by atoms with E-state index in [-0.39, 0.29) is 17.6 Å². The molecule has 3 rings (SSSR count). The molecule has 1 aliphatic carbocycles. The van der Waals surface area contributed by atoms with E-state index >= 15 is 0 Å². The molecule has 2 aromatic rings. The largest absolute Gasteiger partial charge is 0.481 e. The van der Waals surface area contributed by atoms with Crippen LogP contribution in [-0.4, -0.2) is 16.9 Å². The van der Waals surface area contributed by atoms with Gasteiger partial charge in [-0.2, -0.15) is 0 Å². The topological polar surface area (TPSA) is 54.4 Å². The van der Waals surface area contributed by atoms with Crippen molar-refractivity contribution in [2.75, 3.05) is 0 Å². The molecule has 0 aliphatic heterocycles. The first kappa shape index (κ1) is 16.4. The third kappa shape index (κ3) is 3.73. The monoisotopic (exact) mass is 322 g/mol. The van der Waals surface area contributed by atoms with Crippen molar-refractivity contribution in [1.29, 1.82) is 0 Å². The zero-order valence-electron chi connectivity index (χ0n) is 13.7. The predicted molar refractivity (Wildman–Crippen MR) is 94.0 cm³/mol. The second-order valence-corrected chi connectivity index (χ2v) is 6.82. The first-order valence-corrected chi connectivity index (χ1v) is 8.49. The summed E-state index contributed by atoms with van der Waals surface area (Å²) in [7, 11) is 0. The summed E-state index contributed by atoms with van der Waals surface area (Å²) in [6, 6.07) is 17.7. The Morgan fingerprint density at radius 3 is 2.00 bits per heavy atom. The Hall–Kier alpha value is -2.42. The van der Waals surface area contributed by atoms with E-state index in [0.29, 0.717) is 12.0 Å². The van der Waals surface area contributed by atoms with Gasteiger partial charge in [0.2, 0.25) is 0 Å². The van der Waals surface area contributed by atoms with E-state index in [1.807, 2.05) is 54.6 Å². The van der Waals surface area contributed by atoms with Crippen LogP contribution in [0.4, 0.5) is 0 Å². The van der Waals surface area contributed by atoms with Crippen LogP contribution in [0.25, 0.3) is 11.1 Å². The summed E-state index contributed by atoms with van der Waals surface area (Å²) in [5.74, 6) is -0.748. The third-order valence-electron chi connectivity index (χ3n) is 5.04. The van der Waals surface area contributed by atoms with E-state index in [4.69, 9.17) is 0 Å². The van der Waals surface area contributed by atoms with Crippen molar-refractivity contribution >= 4 is 11.8 Å². The number of Topliss-reactive ketones (excluding diaryl/α,β-unsaturated/α-hetero) is 1. The first-order chi connectivity index (χ1) is 11.6. The van der Waals surface area contributed by atoms with Crippen LogP contribution in [0.1, 0.15) is 48.9 Å². The number of ketones is 1. The molecule has 124 valence electrons. The number of carbonyl (C=O) groups is 2. The Labute approximate surface area is 142 Å². The summed E-state index contributed by atoms with van der Waals surface area (Å²) in [6.07, 6.45) is 4.16. The number of hydrogen-bond acceptors (Lipinski definition) is 2. The van der Waals surface area contributed by atoms with Gasteiger partial charge < -0.3 is 5.11 Å². The fraction of sp³-hybridized carbons (Fsp3) is 0.333. The molecule has 2 aromatic carbocycles. The minimum absolute atomic E-state index is 0.0535. The Bertz CT molecular complexity index is 711. The molecule has 0 saturated heterocycles. The second-order valence-electron chi connectivity index (χ2n) is 6.82. The lowest BCUT2D eigenvalue weighted by Gasteiger charge is -2.26. The van der Waals surface area contributed by atoms with E-state index in [1.165, 1.54) is 0 Å². The van der Waals surface area contributed by atoms with Crippen molar-refractivity contribution < 1.29 is 14.7 Å². The lowest BCUT2D eigenvalue weighted by molar-refractivity contribution is -0.139. The van der Waals surface area contributed by atoms with Crippen LogP contribution < -0.4 is 0 Å². The summed E-state index contributed by atoms with van der Waals surface area (Å²) in [5, 5.41) is 9.17. The van der Waals surface area contributed by atoms with Gasteiger partial charge in [-0.15, -0.1) is 0 Å². The smallest absolute Gasteiger partial charge is 0.303 e. The lowest BCUT2D eigenvalue weighted by Crippen LogP contribution is -2.24. The summed E-state index contributed by atoms with van der Waals surface area (Å²) in [5.41, 5.74) is 2.52. The minimum Gasteiger partial charge on any atom is -0.481 e. The number of rotatable bonds is 6. The van der Waals surface area contributed by atoms with Crippen LogP contribution in [0.5, 0.6) is 0 Å². The van der Waals surface area contributed by atoms with Crippen LogP contribution >= 0.6 is 0 Å². The van der Waals surface area contributed by atoms with Crippen molar-refractivity contribution in [3.8, 4) is 11.1 Å². The van der Waals surface area contributed by atoms with Gasteiger partial charge in [0.15, 0.2) is 5.78 Å². The Balaban J connectivity index is 1.74. The normalized spacial score (nSPS) is 16.0. The van der Waals surface area contributed by atoms with Gasteiger partial charge in [-0.25, -0.2) is 0 Å². The maximum absolute atomic E-state index is 12.6. The number of carboxylic acid groups (broad SMARTS) is 1. The lowest BCUT2D eigenvalue weighted by atomic mass is 9.77. The van der Waals surface area contributed by atoms with Gasteiger partial charge >= 0.3 is 5.97 Å². The Morgan fingerprint density at radius 1 is 0.833 bits per heavy atom. The maximum Gasteiger partial charge on any atom is 0.303 e.